The molecule has 0 saturated heterocycles. The molecule has 2 rings (SSSR count). The standard InChI is InChI=1S/C16H23N3O2/c1-12-16(13(2)19(3)18-12)21-15-7-5-14(6-8-15)11-17-9-10-20-4/h5-8,17H,9-11H2,1-4H3. The van der Waals surface area contributed by atoms with Gasteiger partial charge in [0.2, 0.25) is 0 Å². The minimum atomic E-state index is 0.723. The number of nitrogens with zero attached hydrogens (tertiary/aromatic N) is 2. The molecule has 0 aliphatic heterocycles. The van der Waals surface area contributed by atoms with Crippen molar-refractivity contribution in [1.82, 2.24) is 15.1 Å². The first-order valence-electron chi connectivity index (χ1n) is 7.08. The van der Waals surface area contributed by atoms with Crippen molar-refractivity contribution < 1.29 is 9.47 Å². The van der Waals surface area contributed by atoms with E-state index in [0.717, 1.165) is 42.6 Å². The number of hydrogen-bond donors (Lipinski definition) is 1. The molecule has 1 N–H and O–H groups in total. The first kappa shape index (κ1) is 15.5. The Kier molecular flexibility index (Phi) is 5.36. The predicted octanol–water partition coefficient (Wildman–Crippen LogP) is 2.57. The van der Waals surface area contributed by atoms with Crippen LogP contribution in [0.4, 0.5) is 0 Å². The van der Waals surface area contributed by atoms with Gasteiger partial charge in [0.25, 0.3) is 0 Å². The molecule has 1 heterocycles. The molecule has 0 atom stereocenters. The van der Waals surface area contributed by atoms with Crippen molar-refractivity contribution in [3.8, 4) is 11.5 Å². The largest absolute Gasteiger partial charge is 0.453 e. The third kappa shape index (κ3) is 4.06. The molecule has 114 valence electrons. The van der Waals surface area contributed by atoms with Crippen LogP contribution < -0.4 is 10.1 Å². The number of nitrogens with one attached hydrogen (secondary N) is 1. The second kappa shape index (κ2) is 7.24. The number of rotatable bonds is 7. The van der Waals surface area contributed by atoms with E-state index < -0.39 is 0 Å². The number of benzene rings is 1. The number of aryl methyl sites for hydroxylation is 2. The maximum atomic E-state index is 5.94. The molecule has 0 radical (unpaired) electrons. The van der Waals surface area contributed by atoms with E-state index in [9.17, 15) is 0 Å². The first-order chi connectivity index (χ1) is 10.1. The summed E-state index contributed by atoms with van der Waals surface area (Å²) in [6.07, 6.45) is 0. The number of aromatic nitrogens is 2. The average molecular weight is 289 g/mol. The van der Waals surface area contributed by atoms with Crippen molar-refractivity contribution in [3.05, 3.63) is 41.2 Å². The Bertz CT molecular complexity index is 576. The summed E-state index contributed by atoms with van der Waals surface area (Å²) in [5.74, 6) is 1.67. The normalized spacial score (nSPS) is 10.9. The summed E-state index contributed by atoms with van der Waals surface area (Å²) in [6.45, 7) is 6.36. The van der Waals surface area contributed by atoms with Crippen LogP contribution in [0.1, 0.15) is 17.0 Å². The zero-order valence-corrected chi connectivity index (χ0v) is 13.1. The van der Waals surface area contributed by atoms with Crippen LogP contribution in [0, 0.1) is 13.8 Å². The zero-order valence-electron chi connectivity index (χ0n) is 13.1. The second-order valence-corrected chi connectivity index (χ2v) is 5.04. The van der Waals surface area contributed by atoms with Gasteiger partial charge in [-0.3, -0.25) is 4.68 Å². The quantitative estimate of drug-likeness (QED) is 0.796. The highest BCUT2D eigenvalue weighted by Crippen LogP contribution is 2.27. The fourth-order valence-electron chi connectivity index (χ4n) is 2.10. The lowest BCUT2D eigenvalue weighted by Crippen LogP contribution is -2.18. The van der Waals surface area contributed by atoms with Crippen LogP contribution in [0.5, 0.6) is 11.5 Å². The van der Waals surface area contributed by atoms with Crippen molar-refractivity contribution in [3.63, 3.8) is 0 Å². The maximum Gasteiger partial charge on any atom is 0.171 e. The number of hydrogen-bond acceptors (Lipinski definition) is 4. The molecular weight excluding hydrogens is 266 g/mol. The zero-order chi connectivity index (χ0) is 15.2. The Morgan fingerprint density at radius 1 is 1.19 bits per heavy atom. The third-order valence-electron chi connectivity index (χ3n) is 3.40. The molecule has 5 nitrogen and oxygen atoms in total. The van der Waals surface area contributed by atoms with E-state index >= 15 is 0 Å². The van der Waals surface area contributed by atoms with Gasteiger partial charge >= 0.3 is 0 Å². The van der Waals surface area contributed by atoms with Gasteiger partial charge in [0.05, 0.1) is 12.3 Å². The maximum absolute atomic E-state index is 5.94. The van der Waals surface area contributed by atoms with Gasteiger partial charge in [-0.1, -0.05) is 12.1 Å². The SMILES string of the molecule is COCCNCc1ccc(Oc2c(C)nn(C)c2C)cc1. The summed E-state index contributed by atoms with van der Waals surface area (Å²) in [7, 11) is 3.63. The van der Waals surface area contributed by atoms with Crippen LogP contribution in [0.3, 0.4) is 0 Å². The van der Waals surface area contributed by atoms with Crippen molar-refractivity contribution in [2.45, 2.75) is 20.4 Å². The Labute approximate surface area is 125 Å². The Morgan fingerprint density at radius 2 is 1.90 bits per heavy atom. The summed E-state index contributed by atoms with van der Waals surface area (Å²) in [5, 5.41) is 7.67. The minimum Gasteiger partial charge on any atom is -0.453 e. The lowest BCUT2D eigenvalue weighted by atomic mass is 10.2. The molecule has 0 amide bonds. The van der Waals surface area contributed by atoms with Crippen molar-refractivity contribution in [2.75, 3.05) is 20.3 Å². The molecule has 21 heavy (non-hydrogen) atoms. The Hall–Kier alpha value is -1.85. The third-order valence-corrected chi connectivity index (χ3v) is 3.40. The average Bonchev–Trinajstić information content (AvgIpc) is 2.72. The second-order valence-electron chi connectivity index (χ2n) is 5.04. The summed E-state index contributed by atoms with van der Waals surface area (Å²) < 4.78 is 12.8. The van der Waals surface area contributed by atoms with E-state index in [0.29, 0.717) is 0 Å². The highest BCUT2D eigenvalue weighted by molar-refractivity contribution is 5.38. The van der Waals surface area contributed by atoms with Crippen LogP contribution in [0.15, 0.2) is 24.3 Å². The van der Waals surface area contributed by atoms with Gasteiger partial charge in [-0.05, 0) is 31.5 Å². The molecule has 0 aliphatic rings. The lowest BCUT2D eigenvalue weighted by molar-refractivity contribution is 0.199. The molecule has 5 heteroatoms. The highest BCUT2D eigenvalue weighted by Gasteiger charge is 2.11. The Balaban J connectivity index is 1.96. The minimum absolute atomic E-state index is 0.723. The number of ether oxygens (including phenoxy) is 2. The predicted molar refractivity (Wildman–Crippen MR) is 82.8 cm³/mol. The molecule has 0 spiro atoms. The highest BCUT2D eigenvalue weighted by atomic mass is 16.5. The van der Waals surface area contributed by atoms with Crippen molar-refractivity contribution in [1.29, 1.82) is 0 Å². The summed E-state index contributed by atoms with van der Waals surface area (Å²) in [5.41, 5.74) is 3.15. The van der Waals surface area contributed by atoms with Crippen LogP contribution >= 0.6 is 0 Å². The van der Waals surface area contributed by atoms with Gasteiger partial charge in [0.1, 0.15) is 11.4 Å². The topological polar surface area (TPSA) is 48.3 Å². The Morgan fingerprint density at radius 3 is 2.48 bits per heavy atom. The monoisotopic (exact) mass is 289 g/mol. The first-order valence-corrected chi connectivity index (χ1v) is 7.08. The fraction of sp³-hybridized carbons (Fsp3) is 0.438. The molecule has 0 unspecified atom stereocenters. The van der Waals surface area contributed by atoms with E-state index in [2.05, 4.69) is 22.5 Å². The van der Waals surface area contributed by atoms with Crippen LogP contribution in [0.2, 0.25) is 0 Å². The number of methoxy groups -OCH3 is 1. The van der Waals surface area contributed by atoms with Crippen LogP contribution in [-0.2, 0) is 18.3 Å². The molecule has 2 aromatic rings. The molecule has 0 aliphatic carbocycles. The lowest BCUT2D eigenvalue weighted by Gasteiger charge is -2.08. The molecule has 0 fully saturated rings. The van der Waals surface area contributed by atoms with Crippen molar-refractivity contribution in [2.24, 2.45) is 7.05 Å². The summed E-state index contributed by atoms with van der Waals surface area (Å²) in [6, 6.07) is 8.10. The summed E-state index contributed by atoms with van der Waals surface area (Å²) in [4.78, 5) is 0. The molecular formula is C16H23N3O2. The van der Waals surface area contributed by atoms with E-state index in [4.69, 9.17) is 9.47 Å². The van der Waals surface area contributed by atoms with Gasteiger partial charge in [-0.25, -0.2) is 0 Å². The van der Waals surface area contributed by atoms with Gasteiger partial charge in [-0.15, -0.1) is 0 Å². The molecule has 1 aromatic carbocycles. The van der Waals surface area contributed by atoms with E-state index in [1.165, 1.54) is 5.56 Å². The smallest absolute Gasteiger partial charge is 0.171 e. The van der Waals surface area contributed by atoms with Gasteiger partial charge in [0, 0.05) is 27.2 Å². The van der Waals surface area contributed by atoms with Crippen LogP contribution in [-0.4, -0.2) is 30.0 Å². The van der Waals surface area contributed by atoms with E-state index in [-0.39, 0.29) is 0 Å². The summed E-state index contributed by atoms with van der Waals surface area (Å²) >= 11 is 0. The van der Waals surface area contributed by atoms with Gasteiger partial charge < -0.3 is 14.8 Å². The molecule has 0 saturated carbocycles. The van der Waals surface area contributed by atoms with E-state index in [1.807, 2.05) is 37.7 Å². The fourth-order valence-corrected chi connectivity index (χ4v) is 2.10. The van der Waals surface area contributed by atoms with Gasteiger partial charge in [-0.2, -0.15) is 5.10 Å². The van der Waals surface area contributed by atoms with Crippen LogP contribution in [0.25, 0.3) is 0 Å². The van der Waals surface area contributed by atoms with Crippen molar-refractivity contribution >= 4 is 0 Å². The van der Waals surface area contributed by atoms with Gasteiger partial charge in [0.15, 0.2) is 5.75 Å². The molecule has 0 bridgehead atoms. The molecule has 1 aromatic heterocycles. The van der Waals surface area contributed by atoms with E-state index in [1.54, 1.807) is 7.11 Å².